The lowest BCUT2D eigenvalue weighted by molar-refractivity contribution is 0.413. The third-order valence-corrected chi connectivity index (χ3v) is 5.35. The molecule has 0 saturated heterocycles. The van der Waals surface area contributed by atoms with Gasteiger partial charge in [0.2, 0.25) is 11.8 Å². The number of hydrogen-bond acceptors (Lipinski definition) is 8. The molecular weight excluding hydrogens is 412 g/mol. The summed E-state index contributed by atoms with van der Waals surface area (Å²) >= 11 is 1.44. The summed E-state index contributed by atoms with van der Waals surface area (Å²) in [5.74, 6) is 2.23. The van der Waals surface area contributed by atoms with Gasteiger partial charge in [0.25, 0.3) is 0 Å². The smallest absolute Gasteiger partial charge is 0.243 e. The molecule has 3 heterocycles. The second kappa shape index (κ2) is 8.04. The van der Waals surface area contributed by atoms with Crippen molar-refractivity contribution in [3.8, 4) is 23.1 Å². The van der Waals surface area contributed by atoms with Crippen molar-refractivity contribution in [2.24, 2.45) is 0 Å². The van der Waals surface area contributed by atoms with Crippen LogP contribution in [0.1, 0.15) is 5.69 Å². The Morgan fingerprint density at radius 1 is 1.03 bits per heavy atom. The lowest BCUT2D eigenvalue weighted by atomic mass is 10.2. The van der Waals surface area contributed by atoms with Crippen molar-refractivity contribution in [1.82, 2.24) is 24.5 Å². The molecule has 0 atom stereocenters. The molecule has 8 nitrogen and oxygen atoms in total. The molecule has 0 amide bonds. The standard InChI is InChI=1S/C22H18N6O2S/c1-14-11-28(12-23-14)17-9-8-15(10-18(17)29-2)25-22-26-20-19(31-13-24-20)21(27-22)30-16-6-4-3-5-7-16/h3-13H,1-2H3,(H,25,26,27). The number of rotatable bonds is 6. The van der Waals surface area contributed by atoms with Gasteiger partial charge < -0.3 is 19.4 Å². The fourth-order valence-electron chi connectivity index (χ4n) is 3.11. The molecule has 0 aliphatic rings. The summed E-state index contributed by atoms with van der Waals surface area (Å²) in [5, 5.41) is 3.23. The molecule has 0 spiro atoms. The second-order valence-electron chi connectivity index (χ2n) is 6.71. The maximum Gasteiger partial charge on any atom is 0.243 e. The van der Waals surface area contributed by atoms with Crippen molar-refractivity contribution in [3.05, 3.63) is 72.3 Å². The van der Waals surface area contributed by atoms with Gasteiger partial charge in [-0.15, -0.1) is 11.3 Å². The zero-order valence-electron chi connectivity index (χ0n) is 16.8. The zero-order valence-corrected chi connectivity index (χ0v) is 17.6. The predicted octanol–water partition coefficient (Wildman–Crippen LogP) is 5.12. The maximum atomic E-state index is 6.00. The van der Waals surface area contributed by atoms with E-state index in [9.17, 15) is 0 Å². The topological polar surface area (TPSA) is 87.0 Å². The van der Waals surface area contributed by atoms with Gasteiger partial charge in [-0.1, -0.05) is 18.2 Å². The van der Waals surface area contributed by atoms with Crippen LogP contribution in [0.15, 0.2) is 66.6 Å². The summed E-state index contributed by atoms with van der Waals surface area (Å²) in [5.41, 5.74) is 4.90. The molecule has 154 valence electrons. The molecule has 0 unspecified atom stereocenters. The zero-order chi connectivity index (χ0) is 21.2. The van der Waals surface area contributed by atoms with E-state index in [1.165, 1.54) is 11.3 Å². The van der Waals surface area contributed by atoms with Crippen molar-refractivity contribution in [2.45, 2.75) is 6.92 Å². The van der Waals surface area contributed by atoms with Gasteiger partial charge in [-0.25, -0.2) is 9.97 Å². The van der Waals surface area contributed by atoms with Crippen molar-refractivity contribution in [3.63, 3.8) is 0 Å². The number of nitrogens with zero attached hydrogens (tertiary/aromatic N) is 5. The third-order valence-electron chi connectivity index (χ3n) is 4.55. The number of nitrogens with one attached hydrogen (secondary N) is 1. The number of benzene rings is 2. The first-order chi connectivity index (χ1) is 15.2. The highest BCUT2D eigenvalue weighted by Crippen LogP contribution is 2.33. The fourth-order valence-corrected chi connectivity index (χ4v) is 3.76. The highest BCUT2D eigenvalue weighted by molar-refractivity contribution is 7.17. The highest BCUT2D eigenvalue weighted by atomic mass is 32.1. The van der Waals surface area contributed by atoms with Gasteiger partial charge in [0.15, 0.2) is 5.65 Å². The Kier molecular flexibility index (Phi) is 4.93. The monoisotopic (exact) mass is 430 g/mol. The molecule has 0 radical (unpaired) electrons. The summed E-state index contributed by atoms with van der Waals surface area (Å²) in [7, 11) is 1.63. The number of aromatic nitrogens is 5. The van der Waals surface area contributed by atoms with Gasteiger partial charge in [-0.3, -0.25) is 0 Å². The van der Waals surface area contributed by atoms with Crippen LogP contribution in [0.5, 0.6) is 17.4 Å². The molecule has 5 rings (SSSR count). The lowest BCUT2D eigenvalue weighted by Gasteiger charge is -2.12. The van der Waals surface area contributed by atoms with Crippen LogP contribution < -0.4 is 14.8 Å². The van der Waals surface area contributed by atoms with E-state index in [0.29, 0.717) is 29.0 Å². The quantitative estimate of drug-likeness (QED) is 0.400. The number of ether oxygens (including phenoxy) is 2. The molecule has 0 aliphatic carbocycles. The lowest BCUT2D eigenvalue weighted by Crippen LogP contribution is -2.01. The number of thiazole rings is 1. The SMILES string of the molecule is COc1cc(Nc2nc(Oc3ccccc3)c3scnc3n2)ccc1-n1cnc(C)c1. The average molecular weight is 430 g/mol. The largest absolute Gasteiger partial charge is 0.494 e. The molecule has 1 N–H and O–H groups in total. The van der Waals surface area contributed by atoms with Crippen molar-refractivity contribution in [1.29, 1.82) is 0 Å². The van der Waals surface area contributed by atoms with Gasteiger partial charge in [-0.05, 0) is 31.2 Å². The summed E-state index contributed by atoms with van der Waals surface area (Å²) in [4.78, 5) is 17.7. The van der Waals surface area contributed by atoms with E-state index in [1.54, 1.807) is 18.9 Å². The molecule has 9 heteroatoms. The minimum absolute atomic E-state index is 0.387. The molecule has 0 fully saturated rings. The van der Waals surface area contributed by atoms with Crippen LogP contribution in [0.4, 0.5) is 11.6 Å². The van der Waals surface area contributed by atoms with Crippen LogP contribution in [0, 0.1) is 6.92 Å². The first kappa shape index (κ1) is 19.0. The van der Waals surface area contributed by atoms with Crippen molar-refractivity contribution >= 4 is 33.3 Å². The van der Waals surface area contributed by atoms with Crippen molar-refractivity contribution < 1.29 is 9.47 Å². The molecule has 2 aromatic carbocycles. The van der Waals surface area contributed by atoms with E-state index < -0.39 is 0 Å². The van der Waals surface area contributed by atoms with Crippen LogP contribution in [0.3, 0.4) is 0 Å². The van der Waals surface area contributed by atoms with E-state index in [2.05, 4.69) is 25.3 Å². The Bertz CT molecular complexity index is 1350. The molecule has 0 aliphatic heterocycles. The summed E-state index contributed by atoms with van der Waals surface area (Å²) in [6.45, 7) is 1.94. The minimum Gasteiger partial charge on any atom is -0.494 e. The number of anilines is 2. The van der Waals surface area contributed by atoms with E-state index in [-0.39, 0.29) is 0 Å². The maximum absolute atomic E-state index is 6.00. The molecule has 0 bridgehead atoms. The Hall–Kier alpha value is -3.98. The Labute approximate surface area is 182 Å². The van der Waals surface area contributed by atoms with Crippen LogP contribution in [0.2, 0.25) is 0 Å². The van der Waals surface area contributed by atoms with Crippen LogP contribution in [-0.4, -0.2) is 31.6 Å². The average Bonchev–Trinajstić information content (AvgIpc) is 3.43. The Balaban J connectivity index is 1.47. The number of para-hydroxylation sites is 1. The van der Waals surface area contributed by atoms with Gasteiger partial charge >= 0.3 is 0 Å². The van der Waals surface area contributed by atoms with E-state index >= 15 is 0 Å². The summed E-state index contributed by atoms with van der Waals surface area (Å²) < 4.78 is 14.3. The number of hydrogen-bond donors (Lipinski definition) is 1. The molecular formula is C22H18N6O2S. The summed E-state index contributed by atoms with van der Waals surface area (Å²) in [6, 6.07) is 15.3. The number of methoxy groups -OCH3 is 1. The van der Waals surface area contributed by atoms with Crippen LogP contribution in [0.25, 0.3) is 16.0 Å². The van der Waals surface area contributed by atoms with E-state index in [0.717, 1.165) is 21.8 Å². The van der Waals surface area contributed by atoms with Crippen LogP contribution >= 0.6 is 11.3 Å². The summed E-state index contributed by atoms with van der Waals surface area (Å²) in [6.07, 6.45) is 3.70. The Morgan fingerprint density at radius 2 is 1.90 bits per heavy atom. The number of imidazole rings is 1. The first-order valence-electron chi connectivity index (χ1n) is 9.50. The Morgan fingerprint density at radius 3 is 2.68 bits per heavy atom. The number of fused-ring (bicyclic) bond motifs is 1. The van der Waals surface area contributed by atoms with Crippen LogP contribution in [-0.2, 0) is 0 Å². The van der Waals surface area contributed by atoms with Gasteiger partial charge in [0.05, 0.1) is 30.3 Å². The molecule has 0 saturated carbocycles. The first-order valence-corrected chi connectivity index (χ1v) is 10.4. The van der Waals surface area contributed by atoms with Gasteiger partial charge in [0, 0.05) is 18.0 Å². The van der Waals surface area contributed by atoms with Gasteiger partial charge in [0.1, 0.15) is 16.2 Å². The second-order valence-corrected chi connectivity index (χ2v) is 7.56. The molecule has 5 aromatic rings. The number of aryl methyl sites for hydroxylation is 1. The molecule has 3 aromatic heterocycles. The van der Waals surface area contributed by atoms with E-state index in [1.807, 2.05) is 66.2 Å². The third kappa shape index (κ3) is 3.90. The van der Waals surface area contributed by atoms with E-state index in [4.69, 9.17) is 9.47 Å². The highest BCUT2D eigenvalue weighted by Gasteiger charge is 2.14. The van der Waals surface area contributed by atoms with Crippen molar-refractivity contribution in [2.75, 3.05) is 12.4 Å². The fraction of sp³-hybridized carbons (Fsp3) is 0.0909. The minimum atomic E-state index is 0.387. The molecule has 31 heavy (non-hydrogen) atoms. The predicted molar refractivity (Wildman–Crippen MR) is 120 cm³/mol. The van der Waals surface area contributed by atoms with Gasteiger partial charge in [-0.2, -0.15) is 9.97 Å². The normalized spacial score (nSPS) is 10.9.